The fourth-order valence-corrected chi connectivity index (χ4v) is 13.3. The van der Waals surface area contributed by atoms with E-state index < -0.39 is 57.7 Å². The predicted molar refractivity (Wildman–Crippen MR) is 265 cm³/mol. The van der Waals surface area contributed by atoms with Crippen molar-refractivity contribution in [2.24, 2.45) is 40.2 Å². The van der Waals surface area contributed by atoms with E-state index in [0.29, 0.717) is 69.3 Å². The highest BCUT2D eigenvalue weighted by atomic mass is 16.8. The number of aliphatic hydroxyl groups is 1. The zero-order chi connectivity index (χ0) is 50.3. The Labute approximate surface area is 413 Å². The molecule has 1 saturated heterocycles. The minimum Gasteiger partial charge on any atom is -0.487 e. The lowest BCUT2D eigenvalue weighted by molar-refractivity contribution is -0.250. The van der Waals surface area contributed by atoms with Crippen LogP contribution in [0.25, 0.3) is 0 Å². The normalized spacial score (nSPS) is 32.4. The molecule has 11 atom stereocenters. The minimum absolute atomic E-state index is 0.00566. The number of urea groups is 1. The van der Waals surface area contributed by atoms with Crippen molar-refractivity contribution in [2.45, 2.75) is 180 Å². The van der Waals surface area contributed by atoms with Crippen molar-refractivity contribution < 1.29 is 48.0 Å². The first kappa shape index (κ1) is 51.3. The molecule has 70 heavy (non-hydrogen) atoms. The molecule has 0 bridgehead atoms. The summed E-state index contributed by atoms with van der Waals surface area (Å²) >= 11 is 0. The summed E-state index contributed by atoms with van der Waals surface area (Å²) in [6, 6.07) is 14.2. The molecule has 6 N–H and O–H groups in total. The fourth-order valence-electron chi connectivity index (χ4n) is 13.3. The van der Waals surface area contributed by atoms with Crippen LogP contribution >= 0.6 is 0 Å². The summed E-state index contributed by atoms with van der Waals surface area (Å²) in [6.07, 6.45) is 12.8. The molecule has 2 aromatic carbocycles. The van der Waals surface area contributed by atoms with Crippen molar-refractivity contribution in [3.8, 4) is 5.75 Å². The lowest BCUT2D eigenvalue weighted by atomic mass is 9.46. The highest BCUT2D eigenvalue weighted by Crippen LogP contribution is 2.72. The Morgan fingerprint density at radius 2 is 1.69 bits per heavy atom. The molecule has 4 saturated carbocycles. The van der Waals surface area contributed by atoms with Gasteiger partial charge in [0.1, 0.15) is 18.0 Å². The lowest BCUT2D eigenvalue weighted by Crippen LogP contribution is -2.64. The topological polar surface area (TPSA) is 205 Å². The fraction of sp³-hybridized carbons (Fsp3) is 0.625. The van der Waals surface area contributed by atoms with Gasteiger partial charge in [0.25, 0.3) is 0 Å². The van der Waals surface area contributed by atoms with E-state index in [9.17, 15) is 24.3 Å². The van der Waals surface area contributed by atoms with Gasteiger partial charge in [-0.05, 0) is 137 Å². The van der Waals surface area contributed by atoms with E-state index >= 15 is 4.79 Å². The number of ether oxygens (including phenoxy) is 4. The van der Waals surface area contributed by atoms with Crippen LogP contribution in [0.1, 0.15) is 149 Å². The van der Waals surface area contributed by atoms with Crippen LogP contribution in [0.5, 0.6) is 5.75 Å². The molecule has 2 aromatic rings. The molecule has 5 fully saturated rings. The molecule has 380 valence electrons. The van der Waals surface area contributed by atoms with Crippen LogP contribution in [-0.4, -0.2) is 70.4 Å². The first-order valence-electron chi connectivity index (χ1n) is 26.0. The third kappa shape index (κ3) is 9.68. The Morgan fingerprint density at radius 1 is 0.957 bits per heavy atom. The molecule has 8 rings (SSSR count). The number of aliphatic hydroxyl groups excluding tert-OH is 1. The molecule has 0 radical (unpaired) electrons. The molecular weight excluding hydrogens is 889 g/mol. The first-order valence-corrected chi connectivity index (χ1v) is 26.0. The number of carbonyl (C=O) groups excluding carboxylic acids is 5. The van der Waals surface area contributed by atoms with Gasteiger partial charge < -0.3 is 45.7 Å². The average molecular weight is 965 g/mol. The van der Waals surface area contributed by atoms with E-state index in [4.69, 9.17) is 24.7 Å². The maximum atomic E-state index is 15.7. The number of ketones is 2. The number of nitrogens with one attached hydrogen (secondary N) is 3. The zero-order valence-corrected chi connectivity index (χ0v) is 42.3. The van der Waals surface area contributed by atoms with Crippen LogP contribution in [0.4, 0.5) is 15.3 Å². The Kier molecular flexibility index (Phi) is 14.6. The number of unbranched alkanes of at least 4 members (excludes halogenated alkanes) is 1. The Bertz CT molecular complexity index is 2370. The van der Waals surface area contributed by atoms with Crippen molar-refractivity contribution >= 4 is 35.3 Å². The van der Waals surface area contributed by atoms with Gasteiger partial charge in [0.05, 0.1) is 17.7 Å². The molecule has 1 heterocycles. The van der Waals surface area contributed by atoms with Crippen LogP contribution in [0.15, 0.2) is 72.3 Å². The van der Waals surface area contributed by atoms with Crippen molar-refractivity contribution in [3.05, 3.63) is 83.5 Å². The quantitative estimate of drug-likeness (QED) is 0.0795. The lowest BCUT2D eigenvalue weighted by Gasteiger charge is -2.60. The van der Waals surface area contributed by atoms with E-state index in [1.54, 1.807) is 36.4 Å². The monoisotopic (exact) mass is 965 g/mol. The molecule has 14 heteroatoms. The number of primary amides is 1. The molecular formula is C56H76N4O10. The minimum atomic E-state index is -1.26. The second-order valence-electron chi connectivity index (χ2n) is 22.1. The molecule has 4 amide bonds. The number of nitrogens with two attached hydrogens (primary N) is 1. The number of fused-ring (bicyclic) bond motifs is 7. The molecule has 14 nitrogen and oxygen atoms in total. The highest BCUT2D eigenvalue weighted by molar-refractivity contribution is 6.01. The summed E-state index contributed by atoms with van der Waals surface area (Å²) < 4.78 is 27.1. The third-order valence-electron chi connectivity index (χ3n) is 17.5. The summed E-state index contributed by atoms with van der Waals surface area (Å²) in [5.74, 6) is -0.0430. The Balaban J connectivity index is 0.925. The van der Waals surface area contributed by atoms with Gasteiger partial charge in [-0.25, -0.2) is 9.59 Å². The van der Waals surface area contributed by atoms with E-state index in [1.165, 1.54) is 0 Å². The number of rotatable bonds is 20. The number of allylic oxidation sites excluding steroid dienone is 4. The molecule has 5 aliphatic carbocycles. The van der Waals surface area contributed by atoms with E-state index in [0.717, 1.165) is 48.8 Å². The largest absolute Gasteiger partial charge is 0.487 e. The van der Waals surface area contributed by atoms with Gasteiger partial charge in [-0.3, -0.25) is 14.4 Å². The van der Waals surface area contributed by atoms with Crippen molar-refractivity contribution in [1.82, 2.24) is 10.6 Å². The van der Waals surface area contributed by atoms with Gasteiger partial charge >= 0.3 is 12.1 Å². The predicted octanol–water partition coefficient (Wildman–Crippen LogP) is 9.47. The summed E-state index contributed by atoms with van der Waals surface area (Å²) in [4.78, 5) is 64.5. The van der Waals surface area contributed by atoms with Gasteiger partial charge in [0.2, 0.25) is 5.91 Å². The smallest absolute Gasteiger partial charge is 0.408 e. The van der Waals surface area contributed by atoms with Crippen LogP contribution in [0.3, 0.4) is 0 Å². The van der Waals surface area contributed by atoms with Crippen LogP contribution < -0.4 is 26.4 Å². The summed E-state index contributed by atoms with van der Waals surface area (Å²) in [7, 11) is 0. The van der Waals surface area contributed by atoms with Crippen molar-refractivity contribution in [1.29, 1.82) is 0 Å². The third-order valence-corrected chi connectivity index (χ3v) is 17.5. The van der Waals surface area contributed by atoms with Crippen LogP contribution in [0, 0.1) is 34.5 Å². The van der Waals surface area contributed by atoms with Crippen molar-refractivity contribution in [3.63, 3.8) is 0 Å². The van der Waals surface area contributed by atoms with E-state index in [-0.39, 0.29) is 54.2 Å². The Hall–Kier alpha value is -5.05. The summed E-state index contributed by atoms with van der Waals surface area (Å²) in [5, 5.41) is 20.8. The maximum Gasteiger partial charge on any atom is 0.408 e. The SMILES string of the molecule is CCCC1(C2CC2)O[C@@H]2C[C@H]3[C@@H]4CCC5=CC(=O)C=C[C@]5(C)C4[C@@H](O)C[C@]3(C)[C@]2(C(=O)CC(C)(CC)Oc2ccc(C(C)(CC)NC(=O)OCc3ccc(NC(=O)CCCCNC(N)=O)cc3)cc2)O1. The second-order valence-corrected chi connectivity index (χ2v) is 22.1. The molecule has 0 spiro atoms. The number of alkyl carbamates (subject to hydrolysis) is 1. The van der Waals surface area contributed by atoms with E-state index in [2.05, 4.69) is 36.7 Å². The molecule has 0 aromatic heterocycles. The molecule has 6 aliphatic rings. The van der Waals surface area contributed by atoms with Gasteiger partial charge in [-0.2, -0.15) is 0 Å². The van der Waals surface area contributed by atoms with E-state index in [1.807, 2.05) is 58.0 Å². The standard InChI is InChI=1S/C56H76N4O10/c1-8-27-55(37-16-17-37)69-46-31-43-42-25-20-38-30-40(61)26-28-52(38,5)48(42)44(62)32-53(43,6)56(46,70-55)45(63)33-51(4,9-2)68-41-23-18-36(19-24-41)54(7,10-3)60-50(66)67-34-35-14-21-39(22-15-35)59-47(64)13-11-12-29-58-49(57)65/h14-15,18-19,21-24,26,28,30,37,42-44,46,48,62H,8-13,16-17,20,25,27,29,31-34H2,1-7H3,(H,59,64)(H,60,66)(H3,57,58,65)/t42-,43-,44-,46+,48?,51?,52-,53-,54?,55?,56+/m0/s1. The summed E-state index contributed by atoms with van der Waals surface area (Å²) in [5.41, 5.74) is 4.36. The second kappa shape index (κ2) is 19.9. The van der Waals surface area contributed by atoms with Crippen LogP contribution in [-0.2, 0) is 40.7 Å². The first-order chi connectivity index (χ1) is 33.3. The number of hydrogen-bond donors (Lipinski definition) is 5. The number of amides is 4. The maximum absolute atomic E-state index is 15.7. The molecule has 4 unspecified atom stereocenters. The average Bonchev–Trinajstić information content (AvgIpc) is 4.08. The zero-order valence-electron chi connectivity index (χ0n) is 42.3. The molecule has 1 aliphatic heterocycles. The van der Waals surface area contributed by atoms with Gasteiger partial charge in [-0.15, -0.1) is 0 Å². The van der Waals surface area contributed by atoms with Crippen LogP contribution in [0.2, 0.25) is 0 Å². The summed E-state index contributed by atoms with van der Waals surface area (Å²) in [6.45, 7) is 14.9. The van der Waals surface area contributed by atoms with Gasteiger partial charge in [-0.1, -0.05) is 77.0 Å². The van der Waals surface area contributed by atoms with Gasteiger partial charge in [0.15, 0.2) is 23.0 Å². The van der Waals surface area contributed by atoms with Crippen molar-refractivity contribution in [2.75, 3.05) is 11.9 Å². The van der Waals surface area contributed by atoms with Gasteiger partial charge in [0, 0.05) is 54.2 Å². The number of benzene rings is 2. The number of hydrogen-bond acceptors (Lipinski definition) is 10. The number of carbonyl (C=O) groups is 5. The highest BCUT2D eigenvalue weighted by Gasteiger charge is 2.79. The Morgan fingerprint density at radius 3 is 2.34 bits per heavy atom. The number of Topliss-reactive ketones (excluding diaryl/α,β-unsaturated/α-hetero) is 1. The number of anilines is 1.